The van der Waals surface area contributed by atoms with E-state index in [-0.39, 0.29) is 10.0 Å². The van der Waals surface area contributed by atoms with Crippen LogP contribution in [0.15, 0.2) is 4.34 Å². The van der Waals surface area contributed by atoms with Crippen molar-refractivity contribution in [3.63, 3.8) is 0 Å². The van der Waals surface area contributed by atoms with E-state index in [1.807, 2.05) is 0 Å². The van der Waals surface area contributed by atoms with Crippen LogP contribution in [0.2, 0.25) is 0 Å². The van der Waals surface area contributed by atoms with Gasteiger partial charge in [-0.05, 0) is 23.7 Å². The van der Waals surface area contributed by atoms with Crippen LogP contribution in [0.4, 0.5) is 0 Å². The molecule has 0 saturated carbocycles. The molecular formula is C5H6N2S3. The van der Waals surface area contributed by atoms with Crippen molar-refractivity contribution < 1.29 is 0 Å². The summed E-state index contributed by atoms with van der Waals surface area (Å²) in [4.78, 5) is 0. The number of hydrogen-bond donors (Lipinski definition) is 1. The molecule has 2 nitrogen and oxygen atoms in total. The summed E-state index contributed by atoms with van der Waals surface area (Å²) in [6, 6.07) is 0. The fraction of sp³-hybridized carbons (Fsp3) is 0.600. The molecule has 3 rings (SSSR count). The maximum atomic E-state index is 4.96. The Morgan fingerprint density at radius 3 is 2.80 bits per heavy atom. The minimum atomic E-state index is -0.256. The second-order valence-corrected chi connectivity index (χ2v) is 8.31. The lowest BCUT2D eigenvalue weighted by molar-refractivity contribution is 1.00. The van der Waals surface area contributed by atoms with Gasteiger partial charge in [-0.2, -0.15) is 15.1 Å². The minimum Gasteiger partial charge on any atom is -0.257 e. The Bertz CT molecular complexity index is 333. The smallest absolute Gasteiger partial charge is 0.177 e. The Labute approximate surface area is 69.0 Å². The molecule has 0 amide bonds. The highest BCUT2D eigenvalue weighted by Gasteiger charge is 2.67. The highest BCUT2D eigenvalue weighted by Crippen LogP contribution is 2.88. The van der Waals surface area contributed by atoms with Gasteiger partial charge in [-0.3, -0.25) is 5.10 Å². The molecule has 1 aromatic heterocycles. The molecule has 5 heteroatoms. The average molecular weight is 190 g/mol. The predicted molar refractivity (Wildman–Crippen MR) is 46.7 cm³/mol. The lowest BCUT2D eigenvalue weighted by Crippen LogP contribution is -1.79. The van der Waals surface area contributed by atoms with E-state index in [1.54, 1.807) is 11.3 Å². The van der Waals surface area contributed by atoms with E-state index in [0.29, 0.717) is 0 Å². The highest BCUT2D eigenvalue weighted by atomic mass is 32.3. The Hall–Kier alpha value is 0.130. The molecule has 1 aromatic rings. The van der Waals surface area contributed by atoms with Crippen LogP contribution in [0.3, 0.4) is 0 Å². The first-order valence-electron chi connectivity index (χ1n) is 3.14. The summed E-state index contributed by atoms with van der Waals surface area (Å²) in [6.45, 7) is 0. The number of H-pyrrole nitrogens is 1. The van der Waals surface area contributed by atoms with Crippen molar-refractivity contribution in [1.82, 2.24) is 10.2 Å². The monoisotopic (exact) mass is 190 g/mol. The molecular weight excluding hydrogens is 184 g/mol. The fourth-order valence-electron chi connectivity index (χ4n) is 1.21. The van der Waals surface area contributed by atoms with E-state index in [0.717, 1.165) is 9.20 Å². The summed E-state index contributed by atoms with van der Waals surface area (Å²) < 4.78 is 2.18. The zero-order valence-electron chi connectivity index (χ0n) is 5.16. The SMILES string of the molecule is S=c1[nH]nc(S23CC2C3)s1. The van der Waals surface area contributed by atoms with Gasteiger partial charge in [0.05, 0.1) is 0 Å². The van der Waals surface area contributed by atoms with Gasteiger partial charge in [-0.25, -0.2) is 0 Å². The molecule has 1 N–H and O–H groups in total. The van der Waals surface area contributed by atoms with Gasteiger partial charge in [-0.1, -0.05) is 11.3 Å². The largest absolute Gasteiger partial charge is 0.257 e. The molecule has 0 atom stereocenters. The van der Waals surface area contributed by atoms with Crippen molar-refractivity contribution in [2.75, 3.05) is 11.5 Å². The molecule has 2 aliphatic heterocycles. The Kier molecular flexibility index (Phi) is 0.855. The first kappa shape index (κ1) is 5.74. The van der Waals surface area contributed by atoms with Gasteiger partial charge in [-0.15, -0.1) is 0 Å². The number of fused-ring (bicyclic) bond motifs is 1. The fourth-order valence-corrected chi connectivity index (χ4v) is 6.58. The van der Waals surface area contributed by atoms with Gasteiger partial charge in [0, 0.05) is 5.25 Å². The standard InChI is InChI=1S/C5H6N2S3/c8-4-6-7-5(9-4)10-1-3(10)2-10/h3H,1-2H2,(H,6,8). The van der Waals surface area contributed by atoms with E-state index in [2.05, 4.69) is 10.2 Å². The third-order valence-corrected chi connectivity index (χ3v) is 7.80. The number of hydrogen-bond acceptors (Lipinski definition) is 3. The van der Waals surface area contributed by atoms with E-state index in [1.165, 1.54) is 15.8 Å². The van der Waals surface area contributed by atoms with Crippen LogP contribution in [0.5, 0.6) is 0 Å². The molecule has 2 aliphatic rings. The molecule has 3 heterocycles. The zero-order chi connectivity index (χ0) is 6.77. The van der Waals surface area contributed by atoms with Crippen molar-refractivity contribution in [2.24, 2.45) is 0 Å². The number of nitrogens with one attached hydrogen (secondary N) is 1. The topological polar surface area (TPSA) is 28.7 Å². The third kappa shape index (κ3) is 0.562. The van der Waals surface area contributed by atoms with Gasteiger partial charge in [0.1, 0.15) is 0 Å². The second kappa shape index (κ2) is 1.49. The quantitative estimate of drug-likeness (QED) is 0.540. The van der Waals surface area contributed by atoms with Crippen LogP contribution in [0.1, 0.15) is 0 Å². The van der Waals surface area contributed by atoms with Crippen LogP contribution in [0, 0.1) is 3.95 Å². The van der Waals surface area contributed by atoms with Gasteiger partial charge in [0.15, 0.2) is 8.29 Å². The molecule has 0 aliphatic carbocycles. The first-order chi connectivity index (χ1) is 4.81. The Morgan fingerprint density at radius 2 is 2.40 bits per heavy atom. The summed E-state index contributed by atoms with van der Waals surface area (Å²) in [7, 11) is -0.256. The van der Waals surface area contributed by atoms with Gasteiger partial charge < -0.3 is 0 Å². The highest BCUT2D eigenvalue weighted by molar-refractivity contribution is 8.47. The summed E-state index contributed by atoms with van der Waals surface area (Å²) in [6.07, 6.45) is 0. The summed E-state index contributed by atoms with van der Waals surface area (Å²) in [5.41, 5.74) is 0. The zero-order valence-corrected chi connectivity index (χ0v) is 7.61. The van der Waals surface area contributed by atoms with Gasteiger partial charge in [0.25, 0.3) is 0 Å². The number of aromatic amines is 1. The molecule has 0 aromatic carbocycles. The van der Waals surface area contributed by atoms with Crippen molar-refractivity contribution >= 4 is 33.6 Å². The third-order valence-electron chi connectivity index (χ3n) is 2.14. The van der Waals surface area contributed by atoms with Crippen LogP contribution in [0.25, 0.3) is 0 Å². The lowest BCUT2D eigenvalue weighted by atomic mass is 10.6. The minimum absolute atomic E-state index is 0.256. The van der Waals surface area contributed by atoms with Crippen LogP contribution < -0.4 is 0 Å². The predicted octanol–water partition coefficient (Wildman–Crippen LogP) is 1.76. The summed E-state index contributed by atoms with van der Waals surface area (Å²) in [5, 5.41) is 8.12. The van der Waals surface area contributed by atoms with Crippen LogP contribution >= 0.6 is 33.6 Å². The molecule has 2 fully saturated rings. The number of aromatic nitrogens is 2. The van der Waals surface area contributed by atoms with Crippen LogP contribution in [-0.2, 0) is 0 Å². The average Bonchev–Trinajstić information content (AvgIpc) is 2.64. The Morgan fingerprint density at radius 1 is 1.70 bits per heavy atom. The van der Waals surface area contributed by atoms with E-state index < -0.39 is 0 Å². The molecule has 54 valence electrons. The maximum absolute atomic E-state index is 4.96. The van der Waals surface area contributed by atoms with Gasteiger partial charge in [0.2, 0.25) is 0 Å². The first-order valence-corrected chi connectivity index (χ1v) is 6.40. The van der Waals surface area contributed by atoms with Crippen molar-refractivity contribution in [2.45, 2.75) is 9.59 Å². The molecule has 10 heavy (non-hydrogen) atoms. The van der Waals surface area contributed by atoms with Crippen molar-refractivity contribution in [3.05, 3.63) is 3.95 Å². The molecule has 2 saturated heterocycles. The van der Waals surface area contributed by atoms with E-state index >= 15 is 0 Å². The van der Waals surface area contributed by atoms with Crippen molar-refractivity contribution in [3.8, 4) is 0 Å². The number of rotatable bonds is 1. The normalized spacial score (nSPS) is 47.4. The maximum Gasteiger partial charge on any atom is 0.177 e. The van der Waals surface area contributed by atoms with E-state index in [9.17, 15) is 0 Å². The van der Waals surface area contributed by atoms with E-state index in [4.69, 9.17) is 12.2 Å². The number of nitrogens with zero attached hydrogens (tertiary/aromatic N) is 1. The lowest BCUT2D eigenvalue weighted by Gasteiger charge is -1.97. The summed E-state index contributed by atoms with van der Waals surface area (Å²) >= 11 is 6.65. The molecule has 0 unspecified atom stereocenters. The summed E-state index contributed by atoms with van der Waals surface area (Å²) in [5.74, 6) is 2.90. The van der Waals surface area contributed by atoms with Crippen LogP contribution in [-0.4, -0.2) is 27.0 Å². The van der Waals surface area contributed by atoms with Gasteiger partial charge >= 0.3 is 0 Å². The van der Waals surface area contributed by atoms with Crippen molar-refractivity contribution in [1.29, 1.82) is 0 Å². The Balaban J connectivity index is 2.14. The molecule has 0 radical (unpaired) electrons. The second-order valence-electron chi connectivity index (χ2n) is 2.78. The molecule has 0 spiro atoms. The molecule has 0 bridgehead atoms.